The summed E-state index contributed by atoms with van der Waals surface area (Å²) in [6.07, 6.45) is 3.17. The smallest absolute Gasteiger partial charge is 0.338 e. The lowest BCUT2D eigenvalue weighted by Gasteiger charge is -2.08. The topological polar surface area (TPSA) is 40.5 Å². The number of rotatable bonds is 5. The summed E-state index contributed by atoms with van der Waals surface area (Å²) in [5, 5.41) is 2.83. The third kappa shape index (κ3) is 5.25. The van der Waals surface area contributed by atoms with Gasteiger partial charge in [0.2, 0.25) is 0 Å². The maximum absolute atomic E-state index is 14.4. The van der Waals surface area contributed by atoms with E-state index >= 15 is 0 Å². The van der Waals surface area contributed by atoms with Gasteiger partial charge in [-0.15, -0.1) is 0 Å². The highest BCUT2D eigenvalue weighted by Crippen LogP contribution is 2.18. The van der Waals surface area contributed by atoms with E-state index in [0.717, 1.165) is 5.56 Å². The van der Waals surface area contributed by atoms with Crippen LogP contribution in [-0.2, 0) is 4.79 Å². The molecule has 0 fully saturated rings. The molecule has 0 unspecified atom stereocenters. The van der Waals surface area contributed by atoms with Crippen LogP contribution in [0.3, 0.4) is 0 Å². The molecule has 4 nitrogen and oxygen atoms in total. The van der Waals surface area contributed by atoms with Crippen molar-refractivity contribution in [3.8, 4) is 17.2 Å². The van der Waals surface area contributed by atoms with Gasteiger partial charge in [-0.1, -0.05) is 23.7 Å². The highest BCUT2D eigenvalue weighted by atomic mass is 35.5. The van der Waals surface area contributed by atoms with E-state index in [1.165, 1.54) is 30.3 Å². The summed E-state index contributed by atoms with van der Waals surface area (Å²) in [5.74, 6) is -0.471. The number of halogens is 3. The highest BCUT2D eigenvalue weighted by Gasteiger charge is 2.13. The van der Waals surface area contributed by atoms with Gasteiger partial charge in [0.15, 0.2) is 0 Å². The van der Waals surface area contributed by atoms with Crippen LogP contribution in [-0.4, -0.2) is 17.6 Å². The van der Waals surface area contributed by atoms with Gasteiger partial charge in [-0.3, -0.25) is 0 Å². The molecule has 0 aliphatic heterocycles. The monoisotopic (exact) mass is 515 g/mol. The molecule has 0 radical (unpaired) electrons. The molecular formula is C30H20ClF2NO3. The molecule has 0 amide bonds. The van der Waals surface area contributed by atoms with Crippen LogP contribution in [0.5, 0.6) is 11.5 Å². The Morgan fingerprint density at radius 1 is 0.784 bits per heavy atom. The first-order valence-electron chi connectivity index (χ1n) is 11.3. The molecule has 0 aliphatic carbocycles. The van der Waals surface area contributed by atoms with Crippen LogP contribution in [0.25, 0.3) is 28.6 Å². The van der Waals surface area contributed by atoms with E-state index in [4.69, 9.17) is 21.1 Å². The molecule has 0 bridgehead atoms. The molecule has 0 atom stereocenters. The summed E-state index contributed by atoms with van der Waals surface area (Å²) in [6.45, 7) is 0. The van der Waals surface area contributed by atoms with Crippen LogP contribution in [0.4, 0.5) is 8.78 Å². The van der Waals surface area contributed by atoms with Crippen LogP contribution in [0, 0.1) is 11.6 Å². The van der Waals surface area contributed by atoms with E-state index < -0.39 is 11.8 Å². The molecule has 0 spiro atoms. The van der Waals surface area contributed by atoms with E-state index in [1.807, 2.05) is 22.8 Å². The average molecular weight is 516 g/mol. The number of hydrogen-bond donors (Lipinski definition) is 0. The molecule has 4 aromatic carbocycles. The Kier molecular flexibility index (Phi) is 6.75. The second kappa shape index (κ2) is 10.3. The number of carbonyl (C=O) groups is 1. The third-order valence-corrected chi connectivity index (χ3v) is 6.06. The first kappa shape index (κ1) is 24.3. The Hall–Kier alpha value is -4.42. The zero-order valence-corrected chi connectivity index (χ0v) is 20.4. The first-order valence-corrected chi connectivity index (χ1v) is 11.7. The van der Waals surface area contributed by atoms with E-state index in [0.29, 0.717) is 43.7 Å². The molecule has 0 saturated carbocycles. The summed E-state index contributed by atoms with van der Waals surface area (Å²) in [7, 11) is 1.57. The lowest BCUT2D eigenvalue weighted by atomic mass is 10.1. The van der Waals surface area contributed by atoms with E-state index in [9.17, 15) is 13.6 Å². The Morgan fingerprint density at radius 3 is 2.11 bits per heavy atom. The summed E-state index contributed by atoms with van der Waals surface area (Å²) in [6, 6.07) is 24.1. The Bertz CT molecular complexity index is 1710. The number of ether oxygens (including phenoxy) is 2. The number of fused-ring (bicyclic) bond motifs is 1. The van der Waals surface area contributed by atoms with Gasteiger partial charge in [0, 0.05) is 27.6 Å². The molecule has 5 rings (SSSR count). The summed E-state index contributed by atoms with van der Waals surface area (Å²) >= 11 is 5.93. The molecule has 0 aliphatic rings. The predicted molar refractivity (Wildman–Crippen MR) is 141 cm³/mol. The molecule has 184 valence electrons. The number of nitrogens with zero attached hydrogens (tertiary/aromatic N) is 1. The minimum Gasteiger partial charge on any atom is -0.497 e. The predicted octanol–water partition coefficient (Wildman–Crippen LogP) is 5.79. The Morgan fingerprint density at radius 2 is 1.43 bits per heavy atom. The largest absolute Gasteiger partial charge is 0.497 e. The maximum Gasteiger partial charge on any atom is 0.338 e. The van der Waals surface area contributed by atoms with Crippen LogP contribution in [0.2, 0.25) is 5.02 Å². The summed E-state index contributed by atoms with van der Waals surface area (Å²) in [5.41, 5.74) is 1.44. The second-order valence-electron chi connectivity index (χ2n) is 8.21. The van der Waals surface area contributed by atoms with Crippen molar-refractivity contribution in [1.82, 2.24) is 4.57 Å². The van der Waals surface area contributed by atoms with Crippen LogP contribution >= 0.6 is 11.6 Å². The SMILES string of the molecule is COc1ccc(-n2c(=CC(=O)Oc3ccc(Cl)cc3)c3cc(F)ccc3/c2=C\c2ccc(F)cc2)cc1. The molecule has 7 heteroatoms. The van der Waals surface area contributed by atoms with Crippen molar-refractivity contribution in [1.29, 1.82) is 0 Å². The lowest BCUT2D eigenvalue weighted by molar-refractivity contribution is -0.127. The third-order valence-electron chi connectivity index (χ3n) is 5.81. The fraction of sp³-hybridized carbons (Fsp3) is 0.0333. The van der Waals surface area contributed by atoms with Gasteiger partial charge in [-0.25, -0.2) is 13.6 Å². The van der Waals surface area contributed by atoms with Crippen LogP contribution < -0.4 is 20.2 Å². The van der Waals surface area contributed by atoms with Gasteiger partial charge in [0.05, 0.1) is 17.8 Å². The molecule has 1 heterocycles. The van der Waals surface area contributed by atoms with Gasteiger partial charge >= 0.3 is 5.97 Å². The standard InChI is InChI=1S/C30H20ClF2NO3/c1-36-24-13-9-23(10-14-24)34-28(16-19-2-6-21(32)7-3-19)26-15-8-22(33)17-27(26)29(34)18-30(35)37-25-11-4-20(31)5-12-25/h2-18H,1H3/b28-16+,29-18?. The van der Waals surface area contributed by atoms with E-state index in [-0.39, 0.29) is 5.82 Å². The van der Waals surface area contributed by atoms with Gasteiger partial charge in [-0.05, 0) is 90.5 Å². The average Bonchev–Trinajstić information content (AvgIpc) is 3.18. The Balaban J connectivity index is 1.79. The number of hydrogen-bond acceptors (Lipinski definition) is 3. The number of aromatic nitrogens is 1. The van der Waals surface area contributed by atoms with Crippen molar-refractivity contribution in [3.63, 3.8) is 0 Å². The fourth-order valence-electron chi connectivity index (χ4n) is 4.09. The number of benzene rings is 4. The minimum atomic E-state index is -0.644. The second-order valence-corrected chi connectivity index (χ2v) is 8.65. The number of carbonyl (C=O) groups excluding carboxylic acids is 1. The van der Waals surface area contributed by atoms with Crippen molar-refractivity contribution in [2.45, 2.75) is 0 Å². The summed E-state index contributed by atoms with van der Waals surface area (Å²) < 4.78 is 40.6. The minimum absolute atomic E-state index is 0.321. The van der Waals surface area contributed by atoms with E-state index in [1.54, 1.807) is 61.7 Å². The van der Waals surface area contributed by atoms with Gasteiger partial charge in [-0.2, -0.15) is 0 Å². The van der Waals surface area contributed by atoms with Crippen LogP contribution in [0.1, 0.15) is 5.56 Å². The molecule has 1 aromatic heterocycles. The maximum atomic E-state index is 14.4. The zero-order valence-electron chi connectivity index (χ0n) is 19.6. The fourth-order valence-corrected chi connectivity index (χ4v) is 4.22. The Labute approximate surface area is 216 Å². The molecule has 0 N–H and O–H groups in total. The van der Waals surface area contributed by atoms with Crippen molar-refractivity contribution in [2.75, 3.05) is 7.11 Å². The molecular weight excluding hydrogens is 496 g/mol. The van der Waals surface area contributed by atoms with Crippen molar-refractivity contribution in [2.24, 2.45) is 0 Å². The van der Waals surface area contributed by atoms with Crippen molar-refractivity contribution >= 4 is 40.5 Å². The van der Waals surface area contributed by atoms with Crippen LogP contribution in [0.15, 0.2) is 91.0 Å². The molecule has 5 aromatic rings. The lowest BCUT2D eigenvalue weighted by Crippen LogP contribution is -2.27. The van der Waals surface area contributed by atoms with Gasteiger partial charge in [0.25, 0.3) is 0 Å². The summed E-state index contributed by atoms with van der Waals surface area (Å²) in [4.78, 5) is 13.0. The van der Waals surface area contributed by atoms with Crippen molar-refractivity contribution in [3.05, 3.63) is 124 Å². The first-order chi connectivity index (χ1) is 17.9. The highest BCUT2D eigenvalue weighted by molar-refractivity contribution is 6.30. The normalized spacial score (nSPS) is 12.2. The molecule has 0 saturated heterocycles. The molecule has 37 heavy (non-hydrogen) atoms. The van der Waals surface area contributed by atoms with Crippen molar-refractivity contribution < 1.29 is 23.0 Å². The number of methoxy groups -OCH3 is 1. The number of esters is 1. The van der Waals surface area contributed by atoms with E-state index in [2.05, 4.69) is 0 Å². The van der Waals surface area contributed by atoms with Gasteiger partial charge in [0.1, 0.15) is 23.1 Å². The quantitative estimate of drug-likeness (QED) is 0.220. The van der Waals surface area contributed by atoms with Gasteiger partial charge < -0.3 is 14.0 Å². The zero-order chi connectivity index (χ0) is 25.9.